The number of rotatable bonds is 3. The lowest BCUT2D eigenvalue weighted by Gasteiger charge is -2.04. The van der Waals surface area contributed by atoms with E-state index in [1.807, 2.05) is 42.5 Å². The molecule has 0 aliphatic carbocycles. The van der Waals surface area contributed by atoms with Crippen molar-refractivity contribution in [1.29, 1.82) is 0 Å². The van der Waals surface area contributed by atoms with E-state index in [4.69, 9.17) is 10.5 Å². The van der Waals surface area contributed by atoms with Gasteiger partial charge in [-0.2, -0.15) is 0 Å². The first-order valence-electron chi connectivity index (χ1n) is 5.80. The fourth-order valence-corrected chi connectivity index (χ4v) is 2.78. The number of thiazole rings is 1. The molecule has 3 aromatic rings. The minimum absolute atomic E-state index is 0.188. The molecule has 0 bridgehead atoms. The smallest absolute Gasteiger partial charge is 0.183 e. The number of benzene rings is 2. The number of ether oxygens (including phenoxy) is 1. The summed E-state index contributed by atoms with van der Waals surface area (Å²) in [6.45, 7) is 3.51. The number of hydrogen-bond donors (Lipinski definition) is 1. The molecule has 0 spiro atoms. The highest BCUT2D eigenvalue weighted by atomic mass is 32.1. The molecule has 4 heteroatoms. The van der Waals surface area contributed by atoms with Crippen molar-refractivity contribution < 1.29 is 4.74 Å². The largest absolute Gasteiger partial charge is 0.442 e. The number of nitrogens with zero attached hydrogens (tertiary/aromatic N) is 1. The Labute approximate surface area is 115 Å². The van der Waals surface area contributed by atoms with Gasteiger partial charge in [0.2, 0.25) is 0 Å². The molecule has 0 fully saturated rings. The van der Waals surface area contributed by atoms with Gasteiger partial charge in [-0.05, 0) is 43.0 Å². The van der Waals surface area contributed by atoms with Gasteiger partial charge in [0, 0.05) is 5.56 Å². The van der Waals surface area contributed by atoms with Crippen LogP contribution in [0.4, 0.5) is 0 Å². The Kier molecular flexibility index (Phi) is 2.93. The van der Waals surface area contributed by atoms with E-state index in [0.29, 0.717) is 5.75 Å². The molecule has 0 saturated carbocycles. The number of aromatic nitrogens is 1. The Hall–Kier alpha value is -2.33. The SMILES string of the molecule is C=C(N)Oc1ccc(-c2nc3ccccc3s2)cc1. The fraction of sp³-hybridized carbons (Fsp3) is 0. The van der Waals surface area contributed by atoms with Crippen LogP contribution in [0.15, 0.2) is 61.0 Å². The van der Waals surface area contributed by atoms with Gasteiger partial charge in [-0.25, -0.2) is 4.98 Å². The minimum atomic E-state index is 0.188. The normalized spacial score (nSPS) is 10.5. The van der Waals surface area contributed by atoms with Crippen molar-refractivity contribution in [3.63, 3.8) is 0 Å². The van der Waals surface area contributed by atoms with Gasteiger partial charge in [0.1, 0.15) is 10.8 Å². The van der Waals surface area contributed by atoms with Gasteiger partial charge in [-0.15, -0.1) is 11.3 Å². The summed E-state index contributed by atoms with van der Waals surface area (Å²) in [6.07, 6.45) is 0. The highest BCUT2D eigenvalue weighted by molar-refractivity contribution is 7.21. The second kappa shape index (κ2) is 4.74. The third-order valence-corrected chi connectivity index (χ3v) is 3.73. The van der Waals surface area contributed by atoms with Crippen LogP contribution in [0.25, 0.3) is 20.8 Å². The Morgan fingerprint density at radius 3 is 2.53 bits per heavy atom. The molecule has 0 unspecified atom stereocenters. The molecular formula is C15H12N2OS. The maximum Gasteiger partial charge on any atom is 0.183 e. The second-order valence-corrected chi connectivity index (χ2v) is 5.11. The predicted octanol–water partition coefficient (Wildman–Crippen LogP) is 3.77. The van der Waals surface area contributed by atoms with Crippen LogP contribution in [-0.4, -0.2) is 4.98 Å². The quantitative estimate of drug-likeness (QED) is 0.735. The molecule has 1 heterocycles. The Morgan fingerprint density at radius 2 is 1.84 bits per heavy atom. The molecule has 0 radical (unpaired) electrons. The van der Waals surface area contributed by atoms with E-state index in [-0.39, 0.29) is 5.88 Å². The molecular weight excluding hydrogens is 256 g/mol. The zero-order valence-electron chi connectivity index (χ0n) is 10.2. The minimum Gasteiger partial charge on any atom is -0.442 e. The molecule has 2 N–H and O–H groups in total. The third kappa shape index (κ3) is 2.44. The van der Waals surface area contributed by atoms with Crippen molar-refractivity contribution in [2.75, 3.05) is 0 Å². The van der Waals surface area contributed by atoms with Crippen molar-refractivity contribution in [2.24, 2.45) is 5.73 Å². The molecule has 0 atom stereocenters. The van der Waals surface area contributed by atoms with Gasteiger partial charge < -0.3 is 10.5 Å². The Bertz CT molecular complexity index is 698. The molecule has 94 valence electrons. The predicted molar refractivity (Wildman–Crippen MR) is 79.0 cm³/mol. The van der Waals surface area contributed by atoms with Crippen molar-refractivity contribution in [3.8, 4) is 16.3 Å². The van der Waals surface area contributed by atoms with Crippen molar-refractivity contribution in [1.82, 2.24) is 4.98 Å². The van der Waals surface area contributed by atoms with Crippen molar-refractivity contribution >= 4 is 21.6 Å². The topological polar surface area (TPSA) is 48.1 Å². The summed E-state index contributed by atoms with van der Waals surface area (Å²) < 4.78 is 6.42. The van der Waals surface area contributed by atoms with Gasteiger partial charge in [-0.3, -0.25) is 0 Å². The zero-order chi connectivity index (χ0) is 13.2. The molecule has 3 nitrogen and oxygen atoms in total. The number of para-hydroxylation sites is 1. The average Bonchev–Trinajstić information content (AvgIpc) is 2.82. The van der Waals surface area contributed by atoms with Crippen molar-refractivity contribution in [2.45, 2.75) is 0 Å². The van der Waals surface area contributed by atoms with E-state index in [9.17, 15) is 0 Å². The summed E-state index contributed by atoms with van der Waals surface area (Å²) in [6, 6.07) is 15.8. The summed E-state index contributed by atoms with van der Waals surface area (Å²) in [5.74, 6) is 0.866. The molecule has 1 aromatic heterocycles. The maximum absolute atomic E-state index is 5.40. The van der Waals surface area contributed by atoms with Crippen molar-refractivity contribution in [3.05, 3.63) is 61.0 Å². The highest BCUT2D eigenvalue weighted by Gasteiger charge is 2.05. The van der Waals surface area contributed by atoms with Crippen LogP contribution in [0.1, 0.15) is 0 Å². The van der Waals surface area contributed by atoms with Crippen LogP contribution in [0.3, 0.4) is 0 Å². The van der Waals surface area contributed by atoms with Gasteiger partial charge in [0.15, 0.2) is 5.88 Å². The standard InChI is InChI=1S/C15H12N2OS/c1-10(16)18-12-8-6-11(7-9-12)15-17-13-4-2-3-5-14(13)19-15/h2-9H,1,16H2. The van der Waals surface area contributed by atoms with Crippen LogP contribution in [0, 0.1) is 0 Å². The van der Waals surface area contributed by atoms with E-state index >= 15 is 0 Å². The Balaban J connectivity index is 1.95. The molecule has 0 aliphatic heterocycles. The van der Waals surface area contributed by atoms with E-state index < -0.39 is 0 Å². The van der Waals surface area contributed by atoms with Crippen LogP contribution >= 0.6 is 11.3 Å². The summed E-state index contributed by atoms with van der Waals surface area (Å²) in [5.41, 5.74) is 7.49. The number of nitrogens with two attached hydrogens (primary N) is 1. The first-order valence-corrected chi connectivity index (χ1v) is 6.62. The lowest BCUT2D eigenvalue weighted by molar-refractivity contribution is 0.422. The lowest BCUT2D eigenvalue weighted by Crippen LogP contribution is -2.02. The van der Waals surface area contributed by atoms with E-state index in [1.165, 1.54) is 4.70 Å². The summed E-state index contributed by atoms with van der Waals surface area (Å²) >= 11 is 1.68. The summed E-state index contributed by atoms with van der Waals surface area (Å²) in [7, 11) is 0. The number of hydrogen-bond acceptors (Lipinski definition) is 4. The summed E-state index contributed by atoms with van der Waals surface area (Å²) in [5, 5.41) is 0.999. The Morgan fingerprint density at radius 1 is 1.11 bits per heavy atom. The first-order chi connectivity index (χ1) is 9.22. The zero-order valence-corrected chi connectivity index (χ0v) is 11.0. The van der Waals surface area contributed by atoms with Gasteiger partial charge in [0.25, 0.3) is 0 Å². The molecule has 19 heavy (non-hydrogen) atoms. The fourth-order valence-electron chi connectivity index (χ4n) is 1.81. The number of fused-ring (bicyclic) bond motifs is 1. The molecule has 3 rings (SSSR count). The monoisotopic (exact) mass is 268 g/mol. The van der Waals surface area contributed by atoms with Gasteiger partial charge >= 0.3 is 0 Å². The lowest BCUT2D eigenvalue weighted by atomic mass is 10.2. The molecule has 0 aliphatic rings. The highest BCUT2D eigenvalue weighted by Crippen LogP contribution is 2.30. The van der Waals surface area contributed by atoms with Crippen LogP contribution in [0.2, 0.25) is 0 Å². The van der Waals surface area contributed by atoms with E-state index in [2.05, 4.69) is 17.6 Å². The second-order valence-electron chi connectivity index (χ2n) is 4.08. The summed E-state index contributed by atoms with van der Waals surface area (Å²) in [4.78, 5) is 4.61. The van der Waals surface area contributed by atoms with Gasteiger partial charge in [-0.1, -0.05) is 12.1 Å². The third-order valence-electron chi connectivity index (χ3n) is 2.64. The molecule has 2 aromatic carbocycles. The maximum atomic E-state index is 5.40. The van der Waals surface area contributed by atoms with Crippen LogP contribution < -0.4 is 10.5 Å². The van der Waals surface area contributed by atoms with Gasteiger partial charge in [0.05, 0.1) is 10.2 Å². The van der Waals surface area contributed by atoms with E-state index in [1.54, 1.807) is 11.3 Å². The molecule has 0 saturated heterocycles. The van der Waals surface area contributed by atoms with E-state index in [0.717, 1.165) is 16.1 Å². The molecule has 0 amide bonds. The van der Waals surface area contributed by atoms with Crippen LogP contribution in [0.5, 0.6) is 5.75 Å². The average molecular weight is 268 g/mol. The first kappa shape index (κ1) is 11.7. The van der Waals surface area contributed by atoms with Crippen LogP contribution in [-0.2, 0) is 0 Å².